The normalized spacial score (nSPS) is 13.4. The lowest BCUT2D eigenvalue weighted by atomic mass is 9.98. The van der Waals surface area contributed by atoms with Crippen LogP contribution in [-0.2, 0) is 17.8 Å². The third-order valence-electron chi connectivity index (χ3n) is 4.77. The summed E-state index contributed by atoms with van der Waals surface area (Å²) < 4.78 is 5.61. The Balaban J connectivity index is 1.69. The van der Waals surface area contributed by atoms with Gasteiger partial charge in [0.05, 0.1) is 6.10 Å². The molecular formula is C23H28N2O3. The molecule has 1 N–H and O–H groups in total. The second kappa shape index (κ2) is 8.46. The van der Waals surface area contributed by atoms with Crippen molar-refractivity contribution in [1.82, 2.24) is 4.90 Å². The number of carbonyl (C=O) groups excluding carboxylic acids is 2. The molecule has 0 atom stereocenters. The number of nitrogens with one attached hydrogen (secondary N) is 1. The van der Waals surface area contributed by atoms with Crippen LogP contribution in [0.3, 0.4) is 0 Å². The highest BCUT2D eigenvalue weighted by Gasteiger charge is 2.22. The summed E-state index contributed by atoms with van der Waals surface area (Å²) in [5.41, 5.74) is 3.65. The highest BCUT2D eigenvalue weighted by Crippen LogP contribution is 2.24. The molecule has 0 saturated carbocycles. The van der Waals surface area contributed by atoms with E-state index in [-0.39, 0.29) is 23.8 Å². The molecule has 0 spiro atoms. The molecule has 0 fully saturated rings. The fourth-order valence-electron chi connectivity index (χ4n) is 3.35. The zero-order valence-electron chi connectivity index (χ0n) is 17.0. The summed E-state index contributed by atoms with van der Waals surface area (Å²) in [4.78, 5) is 26.8. The van der Waals surface area contributed by atoms with Gasteiger partial charge in [0, 0.05) is 30.3 Å². The maximum Gasteiger partial charge on any atom is 0.255 e. The minimum Gasteiger partial charge on any atom is -0.491 e. The molecule has 1 aliphatic heterocycles. The predicted octanol–water partition coefficient (Wildman–Crippen LogP) is 4.27. The molecule has 2 aromatic carbocycles. The second-order valence-electron chi connectivity index (χ2n) is 7.79. The van der Waals surface area contributed by atoms with Gasteiger partial charge in [0.25, 0.3) is 5.91 Å². The molecule has 0 saturated heterocycles. The number of amides is 2. The molecule has 148 valence electrons. The average Bonchev–Trinajstić information content (AvgIpc) is 2.66. The average molecular weight is 380 g/mol. The number of anilines is 1. The van der Waals surface area contributed by atoms with Crippen LogP contribution < -0.4 is 10.1 Å². The minimum atomic E-state index is -0.165. The van der Waals surface area contributed by atoms with Gasteiger partial charge < -0.3 is 15.0 Å². The van der Waals surface area contributed by atoms with Crippen molar-refractivity contribution >= 4 is 17.5 Å². The van der Waals surface area contributed by atoms with E-state index in [1.165, 1.54) is 5.56 Å². The summed E-state index contributed by atoms with van der Waals surface area (Å²) in [6.45, 7) is 9.12. The molecule has 0 aliphatic carbocycles. The molecule has 5 heteroatoms. The summed E-state index contributed by atoms with van der Waals surface area (Å²) in [5.74, 6) is 0.744. The first-order valence-corrected chi connectivity index (χ1v) is 9.82. The number of hydrogen-bond acceptors (Lipinski definition) is 3. The largest absolute Gasteiger partial charge is 0.491 e. The molecule has 0 unspecified atom stereocenters. The fourth-order valence-corrected chi connectivity index (χ4v) is 3.35. The Morgan fingerprint density at radius 1 is 1.00 bits per heavy atom. The Morgan fingerprint density at radius 2 is 1.71 bits per heavy atom. The van der Waals surface area contributed by atoms with Gasteiger partial charge in [0.2, 0.25) is 5.91 Å². The van der Waals surface area contributed by atoms with Crippen molar-refractivity contribution in [3.63, 3.8) is 0 Å². The zero-order chi connectivity index (χ0) is 20.3. The van der Waals surface area contributed by atoms with Gasteiger partial charge in [-0.3, -0.25) is 9.59 Å². The van der Waals surface area contributed by atoms with Gasteiger partial charge in [-0.25, -0.2) is 0 Å². The van der Waals surface area contributed by atoms with Crippen molar-refractivity contribution in [3.8, 4) is 5.75 Å². The smallest absolute Gasteiger partial charge is 0.255 e. The van der Waals surface area contributed by atoms with Gasteiger partial charge in [-0.15, -0.1) is 0 Å². The van der Waals surface area contributed by atoms with Gasteiger partial charge in [0.15, 0.2) is 0 Å². The van der Waals surface area contributed by atoms with Crippen molar-refractivity contribution < 1.29 is 14.3 Å². The Bertz CT molecular complexity index is 857. The Kier molecular flexibility index (Phi) is 6.02. The van der Waals surface area contributed by atoms with E-state index in [1.807, 2.05) is 50.8 Å². The molecule has 2 aromatic rings. The van der Waals surface area contributed by atoms with Crippen molar-refractivity contribution in [2.45, 2.75) is 46.8 Å². The molecule has 0 radical (unpaired) electrons. The van der Waals surface area contributed by atoms with Crippen LogP contribution in [0.2, 0.25) is 0 Å². The highest BCUT2D eigenvalue weighted by molar-refractivity contribution is 6.04. The summed E-state index contributed by atoms with van der Waals surface area (Å²) in [5, 5.41) is 2.95. The molecule has 3 rings (SSSR count). The lowest BCUT2D eigenvalue weighted by Crippen LogP contribution is -2.38. The van der Waals surface area contributed by atoms with Crippen LogP contribution in [0.5, 0.6) is 5.75 Å². The fraction of sp³-hybridized carbons (Fsp3) is 0.391. The SMILES string of the molecule is CC(C)Oc1ccc(C(=O)Nc2ccc3c(c2)CN(C(=O)C(C)C)CC3)cc1. The van der Waals surface area contributed by atoms with Gasteiger partial charge in [0.1, 0.15) is 5.75 Å². The van der Waals surface area contributed by atoms with Crippen LogP contribution in [0.4, 0.5) is 5.69 Å². The van der Waals surface area contributed by atoms with Gasteiger partial charge in [-0.05, 0) is 67.8 Å². The number of benzene rings is 2. The maximum atomic E-state index is 12.6. The number of ether oxygens (including phenoxy) is 1. The van der Waals surface area contributed by atoms with Crippen LogP contribution in [-0.4, -0.2) is 29.4 Å². The first-order chi connectivity index (χ1) is 13.3. The maximum absolute atomic E-state index is 12.6. The first kappa shape index (κ1) is 19.9. The summed E-state index contributed by atoms with van der Waals surface area (Å²) >= 11 is 0. The van der Waals surface area contributed by atoms with Crippen molar-refractivity contribution in [1.29, 1.82) is 0 Å². The van der Waals surface area contributed by atoms with Gasteiger partial charge >= 0.3 is 0 Å². The van der Waals surface area contributed by atoms with Crippen molar-refractivity contribution in [2.75, 3.05) is 11.9 Å². The highest BCUT2D eigenvalue weighted by atomic mass is 16.5. The number of rotatable bonds is 5. The van der Waals surface area contributed by atoms with Crippen molar-refractivity contribution in [3.05, 3.63) is 59.2 Å². The number of fused-ring (bicyclic) bond motifs is 1. The minimum absolute atomic E-state index is 0.00733. The molecular weight excluding hydrogens is 352 g/mol. The van der Waals surface area contributed by atoms with E-state index in [9.17, 15) is 9.59 Å². The quantitative estimate of drug-likeness (QED) is 0.843. The second-order valence-corrected chi connectivity index (χ2v) is 7.79. The standard InChI is InChI=1S/C23H28N2O3/c1-15(2)23(27)25-12-11-17-5-8-20(13-19(17)14-25)24-22(26)18-6-9-21(10-7-18)28-16(3)4/h5-10,13,15-16H,11-12,14H2,1-4H3,(H,24,26). The Labute approximate surface area is 166 Å². The molecule has 0 aromatic heterocycles. The van der Waals surface area contributed by atoms with E-state index >= 15 is 0 Å². The van der Waals surface area contributed by atoms with Crippen LogP contribution in [0.25, 0.3) is 0 Å². The van der Waals surface area contributed by atoms with E-state index in [1.54, 1.807) is 24.3 Å². The van der Waals surface area contributed by atoms with Crippen molar-refractivity contribution in [2.24, 2.45) is 5.92 Å². The topological polar surface area (TPSA) is 58.6 Å². The Hall–Kier alpha value is -2.82. The molecule has 0 bridgehead atoms. The summed E-state index contributed by atoms with van der Waals surface area (Å²) in [7, 11) is 0. The van der Waals surface area contributed by atoms with E-state index in [4.69, 9.17) is 4.74 Å². The van der Waals surface area contributed by atoms with Gasteiger partial charge in [-0.2, -0.15) is 0 Å². The molecule has 1 aliphatic rings. The van der Waals surface area contributed by atoms with E-state index < -0.39 is 0 Å². The van der Waals surface area contributed by atoms with E-state index in [2.05, 4.69) is 5.32 Å². The third kappa shape index (κ3) is 4.71. The monoisotopic (exact) mass is 380 g/mol. The predicted molar refractivity (Wildman–Crippen MR) is 111 cm³/mol. The van der Waals surface area contributed by atoms with E-state index in [0.29, 0.717) is 12.1 Å². The summed E-state index contributed by atoms with van der Waals surface area (Å²) in [6, 6.07) is 13.1. The van der Waals surface area contributed by atoms with Crippen LogP contribution in [0, 0.1) is 5.92 Å². The lowest BCUT2D eigenvalue weighted by molar-refractivity contribution is -0.135. The van der Waals surface area contributed by atoms with Gasteiger partial charge in [-0.1, -0.05) is 19.9 Å². The molecule has 28 heavy (non-hydrogen) atoms. The number of hydrogen-bond donors (Lipinski definition) is 1. The molecule has 1 heterocycles. The van der Waals surface area contributed by atoms with Crippen LogP contribution in [0.1, 0.15) is 49.2 Å². The van der Waals surface area contributed by atoms with Crippen LogP contribution in [0.15, 0.2) is 42.5 Å². The summed E-state index contributed by atoms with van der Waals surface area (Å²) in [6.07, 6.45) is 0.941. The number of nitrogens with zero attached hydrogens (tertiary/aromatic N) is 1. The third-order valence-corrected chi connectivity index (χ3v) is 4.77. The zero-order valence-corrected chi connectivity index (χ0v) is 17.0. The lowest BCUT2D eigenvalue weighted by Gasteiger charge is -2.30. The first-order valence-electron chi connectivity index (χ1n) is 9.82. The number of carbonyl (C=O) groups is 2. The van der Waals surface area contributed by atoms with Crippen LogP contribution >= 0.6 is 0 Å². The Morgan fingerprint density at radius 3 is 2.36 bits per heavy atom. The van der Waals surface area contributed by atoms with E-state index in [0.717, 1.165) is 30.0 Å². The molecule has 5 nitrogen and oxygen atoms in total. The molecule has 2 amide bonds.